The van der Waals surface area contributed by atoms with Crippen LogP contribution in [0.15, 0.2) is 0 Å². The predicted molar refractivity (Wildman–Crippen MR) is 68.8 cm³/mol. The maximum absolute atomic E-state index is 12.0. The average molecular weight is 278 g/mol. The Bertz CT molecular complexity index is 384. The molecular formula is C11H22N2O4S. The van der Waals surface area contributed by atoms with Crippen molar-refractivity contribution in [3.63, 3.8) is 0 Å². The van der Waals surface area contributed by atoms with E-state index in [9.17, 15) is 14.1 Å². The molecule has 0 aliphatic heterocycles. The molecule has 1 saturated carbocycles. The van der Waals surface area contributed by atoms with E-state index in [1.165, 1.54) is 0 Å². The van der Waals surface area contributed by atoms with Crippen molar-refractivity contribution in [2.45, 2.75) is 38.1 Å². The molecule has 1 rings (SSSR count). The van der Waals surface area contributed by atoms with E-state index in [1.54, 1.807) is 0 Å². The van der Waals surface area contributed by atoms with Crippen molar-refractivity contribution in [1.29, 1.82) is 4.78 Å². The maximum atomic E-state index is 12.0. The maximum Gasteiger partial charge on any atom is 0.320 e. The fourth-order valence-electron chi connectivity index (χ4n) is 2.09. The van der Waals surface area contributed by atoms with Gasteiger partial charge in [0.05, 0.1) is 0 Å². The quantitative estimate of drug-likeness (QED) is 0.511. The van der Waals surface area contributed by atoms with Crippen LogP contribution in [0.3, 0.4) is 0 Å². The molecule has 18 heavy (non-hydrogen) atoms. The van der Waals surface area contributed by atoms with Gasteiger partial charge >= 0.3 is 5.97 Å². The number of nitrogens with one attached hydrogen (secondary N) is 1. The summed E-state index contributed by atoms with van der Waals surface area (Å²) in [6, 6.07) is -1.05. The molecule has 7 heteroatoms. The highest BCUT2D eigenvalue weighted by molar-refractivity contribution is 7.92. The second kappa shape index (κ2) is 5.99. The summed E-state index contributed by atoms with van der Waals surface area (Å²) in [5, 5.41) is 17.9. The number of hydrogen-bond acceptors (Lipinski definition) is 5. The van der Waals surface area contributed by atoms with Crippen molar-refractivity contribution in [3.05, 3.63) is 0 Å². The largest absolute Gasteiger partial charge is 0.480 e. The monoisotopic (exact) mass is 278 g/mol. The lowest BCUT2D eigenvalue weighted by molar-refractivity contribution is -0.138. The molecule has 1 aliphatic carbocycles. The minimum Gasteiger partial charge on any atom is -0.480 e. The summed E-state index contributed by atoms with van der Waals surface area (Å²) in [6.45, 7) is 0.0805. The Labute approximate surface area is 108 Å². The normalized spacial score (nSPS) is 22.8. The number of carbonyl (C=O) groups is 1. The minimum atomic E-state index is -2.78. The highest BCUT2D eigenvalue weighted by Gasteiger charge is 2.36. The molecule has 1 aliphatic rings. The van der Waals surface area contributed by atoms with E-state index in [0.717, 1.165) is 19.3 Å². The van der Waals surface area contributed by atoms with Crippen LogP contribution in [0.1, 0.15) is 32.1 Å². The molecule has 0 saturated heterocycles. The van der Waals surface area contributed by atoms with Gasteiger partial charge in [0.15, 0.2) is 0 Å². The van der Waals surface area contributed by atoms with Gasteiger partial charge < -0.3 is 15.9 Å². The van der Waals surface area contributed by atoms with Crippen LogP contribution in [0.2, 0.25) is 0 Å². The summed E-state index contributed by atoms with van der Waals surface area (Å²) in [6.07, 6.45) is 3.56. The van der Waals surface area contributed by atoms with Crippen LogP contribution in [0.4, 0.5) is 0 Å². The van der Waals surface area contributed by atoms with Crippen LogP contribution in [-0.4, -0.2) is 44.5 Å². The van der Waals surface area contributed by atoms with Gasteiger partial charge in [0, 0.05) is 27.8 Å². The van der Waals surface area contributed by atoms with E-state index in [-0.39, 0.29) is 29.9 Å². The first-order valence-electron chi connectivity index (χ1n) is 6.14. The van der Waals surface area contributed by atoms with E-state index < -0.39 is 21.7 Å². The number of aliphatic carboxylic acids is 1. The average Bonchev–Trinajstić information content (AvgIpc) is 2.25. The molecule has 0 aromatic carbocycles. The Hall–Kier alpha value is -0.660. The molecule has 0 amide bonds. The van der Waals surface area contributed by atoms with Crippen LogP contribution < -0.4 is 5.73 Å². The molecule has 0 aromatic heterocycles. The molecule has 0 heterocycles. The van der Waals surface area contributed by atoms with Crippen LogP contribution >= 0.6 is 0 Å². The van der Waals surface area contributed by atoms with Gasteiger partial charge in [-0.05, 0) is 31.1 Å². The van der Waals surface area contributed by atoms with Crippen molar-refractivity contribution >= 4 is 15.7 Å². The van der Waals surface area contributed by atoms with Gasteiger partial charge in [0.1, 0.15) is 6.04 Å². The SMILES string of the molecule is N=[S@@](=O)(CC[C@H](N)C(=O)O)CCC1(CO)CCC1. The van der Waals surface area contributed by atoms with Crippen molar-refractivity contribution in [2.75, 3.05) is 18.1 Å². The number of nitrogens with two attached hydrogens (primary N) is 1. The van der Waals surface area contributed by atoms with E-state index in [0.29, 0.717) is 6.42 Å². The van der Waals surface area contributed by atoms with Crippen molar-refractivity contribution in [2.24, 2.45) is 11.1 Å². The summed E-state index contributed by atoms with van der Waals surface area (Å²) in [5.41, 5.74) is 5.18. The molecule has 0 aromatic rings. The van der Waals surface area contributed by atoms with Crippen LogP contribution in [0.25, 0.3) is 0 Å². The lowest BCUT2D eigenvalue weighted by Crippen LogP contribution is -2.36. The number of aliphatic hydroxyl groups is 1. The second-order valence-corrected chi connectivity index (χ2v) is 7.66. The molecule has 6 nitrogen and oxygen atoms in total. The number of aliphatic hydroxyl groups excluding tert-OH is 1. The van der Waals surface area contributed by atoms with Crippen molar-refractivity contribution < 1.29 is 19.2 Å². The van der Waals surface area contributed by atoms with Crippen LogP contribution in [0, 0.1) is 10.2 Å². The van der Waals surface area contributed by atoms with E-state index in [2.05, 4.69) is 0 Å². The molecule has 0 spiro atoms. The van der Waals surface area contributed by atoms with Gasteiger partial charge in [-0.25, -0.2) is 4.21 Å². The summed E-state index contributed by atoms with van der Waals surface area (Å²) < 4.78 is 19.7. The summed E-state index contributed by atoms with van der Waals surface area (Å²) in [4.78, 5) is 10.5. The first-order valence-corrected chi connectivity index (χ1v) is 8.03. The van der Waals surface area contributed by atoms with Gasteiger partial charge in [0.25, 0.3) is 0 Å². The smallest absolute Gasteiger partial charge is 0.320 e. The molecule has 0 unspecified atom stereocenters. The molecule has 2 atom stereocenters. The molecule has 5 N–H and O–H groups in total. The minimum absolute atomic E-state index is 0.0158. The highest BCUT2D eigenvalue weighted by atomic mass is 32.2. The van der Waals surface area contributed by atoms with Crippen molar-refractivity contribution in [3.8, 4) is 0 Å². The molecule has 1 fully saturated rings. The first kappa shape index (κ1) is 15.4. The van der Waals surface area contributed by atoms with Gasteiger partial charge in [-0.2, -0.15) is 0 Å². The van der Waals surface area contributed by atoms with Crippen molar-refractivity contribution in [1.82, 2.24) is 0 Å². The molecule has 0 radical (unpaired) electrons. The predicted octanol–water partition coefficient (Wildman–Crippen LogP) is 0.388. The Balaban J connectivity index is 2.38. The summed E-state index contributed by atoms with van der Waals surface area (Å²) in [5.74, 6) is -0.891. The Morgan fingerprint density at radius 2 is 2.06 bits per heavy atom. The zero-order valence-electron chi connectivity index (χ0n) is 10.4. The number of hydrogen-bond donors (Lipinski definition) is 4. The summed E-state index contributed by atoms with van der Waals surface area (Å²) in [7, 11) is -2.78. The van der Waals surface area contributed by atoms with E-state index >= 15 is 0 Å². The molecule has 106 valence electrons. The van der Waals surface area contributed by atoms with E-state index in [4.69, 9.17) is 15.6 Å². The Kier molecular flexibility index (Phi) is 5.12. The lowest BCUT2D eigenvalue weighted by Gasteiger charge is -2.40. The van der Waals surface area contributed by atoms with Gasteiger partial charge in [0.2, 0.25) is 0 Å². The fourth-order valence-corrected chi connectivity index (χ4v) is 3.69. The van der Waals surface area contributed by atoms with Gasteiger partial charge in [-0.15, -0.1) is 0 Å². The standard InChI is InChI=1S/C11H22N2O4S/c12-9(10(15)16)2-6-18(13,17)7-5-11(8-14)3-1-4-11/h9,13-14H,1-8,12H2,(H,15,16)/t9-,18+/m0/s1. The third-order valence-electron chi connectivity index (χ3n) is 3.79. The Morgan fingerprint density at radius 1 is 1.44 bits per heavy atom. The first-order chi connectivity index (χ1) is 8.30. The zero-order valence-corrected chi connectivity index (χ0v) is 11.2. The van der Waals surface area contributed by atoms with Gasteiger partial charge in [-0.3, -0.25) is 9.57 Å². The Morgan fingerprint density at radius 3 is 2.44 bits per heavy atom. The number of carboxylic acid groups (broad SMARTS) is 1. The van der Waals surface area contributed by atoms with E-state index in [1.807, 2.05) is 0 Å². The summed E-state index contributed by atoms with van der Waals surface area (Å²) >= 11 is 0. The van der Waals surface area contributed by atoms with Crippen LogP contribution in [0.5, 0.6) is 0 Å². The highest BCUT2D eigenvalue weighted by Crippen LogP contribution is 2.43. The van der Waals surface area contributed by atoms with Gasteiger partial charge in [-0.1, -0.05) is 6.42 Å². The zero-order chi connectivity index (χ0) is 13.8. The lowest BCUT2D eigenvalue weighted by atomic mass is 9.68. The fraction of sp³-hybridized carbons (Fsp3) is 0.909. The second-order valence-electron chi connectivity index (χ2n) is 5.22. The topological polar surface area (TPSA) is 124 Å². The molecule has 0 bridgehead atoms. The molecular weight excluding hydrogens is 256 g/mol. The third-order valence-corrected chi connectivity index (χ3v) is 5.55. The third kappa shape index (κ3) is 4.22. The number of rotatable bonds is 8. The van der Waals surface area contributed by atoms with Crippen LogP contribution in [-0.2, 0) is 14.5 Å². The number of carboxylic acids is 1.